The number of hydrogen-bond donors (Lipinski definition) is 2. The molecule has 0 radical (unpaired) electrons. The predicted molar refractivity (Wildman–Crippen MR) is 232 cm³/mol. The summed E-state index contributed by atoms with van der Waals surface area (Å²) in [4.78, 5) is 28.0. The molecule has 0 unspecified atom stereocenters. The van der Waals surface area contributed by atoms with Crippen LogP contribution in [0.15, 0.2) is 127 Å². The highest BCUT2D eigenvalue weighted by Gasteiger charge is 2.19. The number of rotatable bonds is 20. The maximum absolute atomic E-state index is 13.7. The number of hydrogen-bond acceptors (Lipinski definition) is 5. The fourth-order valence-electron chi connectivity index (χ4n) is 6.70. The summed E-state index contributed by atoms with van der Waals surface area (Å²) in [5, 5.41) is 10.6. The van der Waals surface area contributed by atoms with E-state index in [1.807, 2.05) is 89.8 Å². The highest BCUT2D eigenvalue weighted by atomic mass is 127. The van der Waals surface area contributed by atoms with Gasteiger partial charge in [-0.05, 0) is 143 Å². The monoisotopic (exact) mass is 849 g/mol. The van der Waals surface area contributed by atoms with Crippen molar-refractivity contribution in [2.75, 3.05) is 39.9 Å². The van der Waals surface area contributed by atoms with Gasteiger partial charge in [0.15, 0.2) is 0 Å². The molecule has 0 fully saturated rings. The quantitative estimate of drug-likeness (QED) is 0.0455. The Morgan fingerprint density at radius 1 is 0.764 bits per heavy atom. The maximum atomic E-state index is 13.7. The molecule has 0 bridgehead atoms. The van der Waals surface area contributed by atoms with Crippen LogP contribution in [-0.2, 0) is 24.2 Å². The molecule has 0 aliphatic heterocycles. The standard InChI is InChI=1S/C47H50IN3O4/c1-54-45-33-41(25-22-39(45)34-51(30-26-35-12-3-2-4-13-35)47(53)36-20-23-40(48)24-21-36)55-31-10-19-46(52)50-29-11-28-49-27-9-18-44-42-16-7-5-14-37(42)32-38-15-6-8-17-43(38)44/h2-8,12-17,20-25,32-33,49H,9-11,18-19,26-31,34H2,1H3,(H,50,52)/i9D2. The zero-order valence-electron chi connectivity index (χ0n) is 33.4. The van der Waals surface area contributed by atoms with Crippen molar-refractivity contribution in [3.8, 4) is 11.5 Å². The maximum Gasteiger partial charge on any atom is 0.254 e. The average molecular weight is 850 g/mol. The molecule has 284 valence electrons. The van der Waals surface area contributed by atoms with Crippen molar-refractivity contribution >= 4 is 56.0 Å². The average Bonchev–Trinajstić information content (AvgIpc) is 3.22. The fraction of sp³-hybridized carbons (Fsp3) is 0.277. The predicted octanol–water partition coefficient (Wildman–Crippen LogP) is 9.38. The van der Waals surface area contributed by atoms with Crippen LogP contribution in [0.3, 0.4) is 0 Å². The number of carbonyl (C=O) groups excluding carboxylic acids is 2. The van der Waals surface area contributed by atoms with Gasteiger partial charge in [-0.1, -0.05) is 78.9 Å². The lowest BCUT2D eigenvalue weighted by Gasteiger charge is -2.24. The van der Waals surface area contributed by atoms with Crippen molar-refractivity contribution < 1.29 is 21.8 Å². The molecule has 0 aromatic heterocycles. The van der Waals surface area contributed by atoms with Gasteiger partial charge in [0, 0.05) is 49.6 Å². The molecular weight excluding hydrogens is 797 g/mol. The molecule has 7 nitrogen and oxygen atoms in total. The Bertz CT molecular complexity index is 2200. The van der Waals surface area contributed by atoms with Crippen molar-refractivity contribution in [2.24, 2.45) is 0 Å². The second kappa shape index (κ2) is 20.7. The second-order valence-corrected chi connectivity index (χ2v) is 14.7. The van der Waals surface area contributed by atoms with Gasteiger partial charge in [-0.15, -0.1) is 0 Å². The van der Waals surface area contributed by atoms with Crippen molar-refractivity contribution in [1.29, 1.82) is 0 Å². The van der Waals surface area contributed by atoms with E-state index in [-0.39, 0.29) is 18.4 Å². The Balaban J connectivity index is 0.914. The summed E-state index contributed by atoms with van der Waals surface area (Å²) in [5.74, 6) is 1.19. The Hall–Kier alpha value is -4.93. The van der Waals surface area contributed by atoms with Crippen LogP contribution < -0.4 is 20.1 Å². The van der Waals surface area contributed by atoms with Gasteiger partial charge in [0.25, 0.3) is 5.91 Å². The number of fused-ring (bicyclic) bond motifs is 2. The van der Waals surface area contributed by atoms with Gasteiger partial charge < -0.3 is 25.0 Å². The molecule has 2 N–H and O–H groups in total. The number of nitrogens with zero attached hydrogens (tertiary/aromatic N) is 1. The first-order valence-electron chi connectivity index (χ1n) is 19.9. The number of aryl methyl sites for hydroxylation is 1. The van der Waals surface area contributed by atoms with E-state index in [2.05, 4.69) is 75.7 Å². The second-order valence-electron chi connectivity index (χ2n) is 13.5. The van der Waals surface area contributed by atoms with Crippen molar-refractivity contribution in [3.05, 3.63) is 153 Å². The van der Waals surface area contributed by atoms with E-state index >= 15 is 0 Å². The number of amides is 2. The smallest absolute Gasteiger partial charge is 0.254 e. The van der Waals surface area contributed by atoms with Crippen molar-refractivity contribution in [2.45, 2.75) is 45.0 Å². The topological polar surface area (TPSA) is 79.9 Å². The van der Waals surface area contributed by atoms with Gasteiger partial charge in [-0.3, -0.25) is 9.59 Å². The minimum atomic E-state index is -1.44. The van der Waals surface area contributed by atoms with Crippen LogP contribution in [0.5, 0.6) is 11.5 Å². The Labute approximate surface area is 341 Å². The number of benzene rings is 6. The van der Waals surface area contributed by atoms with Crippen LogP contribution in [0.4, 0.5) is 0 Å². The van der Waals surface area contributed by atoms with Crippen LogP contribution in [-0.4, -0.2) is 56.6 Å². The van der Waals surface area contributed by atoms with Gasteiger partial charge in [0.05, 0.1) is 13.7 Å². The molecule has 0 heterocycles. The lowest BCUT2D eigenvalue weighted by atomic mass is 9.94. The molecule has 0 aliphatic carbocycles. The summed E-state index contributed by atoms with van der Waals surface area (Å²) in [6, 6.07) is 41.9. The zero-order valence-corrected chi connectivity index (χ0v) is 33.5. The highest BCUT2D eigenvalue weighted by Crippen LogP contribution is 2.30. The molecule has 6 aromatic rings. The first-order valence-corrected chi connectivity index (χ1v) is 20.0. The van der Waals surface area contributed by atoms with E-state index < -0.39 is 6.37 Å². The fourth-order valence-corrected chi connectivity index (χ4v) is 7.06. The van der Waals surface area contributed by atoms with E-state index in [0.29, 0.717) is 75.5 Å². The lowest BCUT2D eigenvalue weighted by Crippen LogP contribution is -2.32. The minimum Gasteiger partial charge on any atom is -0.496 e. The third-order valence-corrected chi connectivity index (χ3v) is 10.3. The summed E-state index contributed by atoms with van der Waals surface area (Å²) in [6.07, 6.45) is 1.18. The van der Waals surface area contributed by atoms with Gasteiger partial charge in [0.1, 0.15) is 11.5 Å². The van der Waals surface area contributed by atoms with Gasteiger partial charge in [-0.25, -0.2) is 0 Å². The summed E-state index contributed by atoms with van der Waals surface area (Å²) in [5.41, 5.74) is 3.72. The highest BCUT2D eigenvalue weighted by molar-refractivity contribution is 14.1. The molecule has 6 rings (SSSR count). The molecule has 0 atom stereocenters. The Kier molecular flexibility index (Phi) is 13.9. The molecule has 55 heavy (non-hydrogen) atoms. The van der Waals surface area contributed by atoms with E-state index in [4.69, 9.17) is 12.2 Å². The normalized spacial score (nSPS) is 11.9. The molecule has 0 saturated carbocycles. The summed E-state index contributed by atoms with van der Waals surface area (Å²) in [6.45, 7) is 2.63. The summed E-state index contributed by atoms with van der Waals surface area (Å²) >= 11 is 2.24. The minimum absolute atomic E-state index is 0.0383. The molecule has 8 heteroatoms. The van der Waals surface area contributed by atoms with E-state index in [1.54, 1.807) is 7.11 Å². The SMILES string of the molecule is [2H]C([2H])(CNCCCNC(=O)CCCOc1ccc(CN(CCc2ccccc2)C(=O)c2ccc(I)cc2)c(OC)c1)Cc1c2ccccc2cc2ccccc12. The van der Waals surface area contributed by atoms with Gasteiger partial charge in [0.2, 0.25) is 5.91 Å². The summed E-state index contributed by atoms with van der Waals surface area (Å²) in [7, 11) is 1.61. The zero-order chi connectivity index (χ0) is 40.0. The number of carbonyl (C=O) groups is 2. The summed E-state index contributed by atoms with van der Waals surface area (Å²) < 4.78 is 30.3. The van der Waals surface area contributed by atoms with Gasteiger partial charge >= 0.3 is 0 Å². The van der Waals surface area contributed by atoms with Crippen LogP contribution in [0.2, 0.25) is 0 Å². The van der Waals surface area contributed by atoms with Crippen LogP contribution in [0.25, 0.3) is 21.5 Å². The van der Waals surface area contributed by atoms with Crippen LogP contribution in [0.1, 0.15) is 55.4 Å². The number of nitrogens with one attached hydrogen (secondary N) is 2. The first-order chi connectivity index (χ1) is 27.7. The molecule has 2 amide bonds. The molecule has 6 aromatic carbocycles. The van der Waals surface area contributed by atoms with E-state index in [9.17, 15) is 9.59 Å². The Morgan fingerprint density at radius 2 is 1.47 bits per heavy atom. The lowest BCUT2D eigenvalue weighted by molar-refractivity contribution is -0.121. The molecule has 0 spiro atoms. The van der Waals surface area contributed by atoms with Crippen molar-refractivity contribution in [1.82, 2.24) is 15.5 Å². The third-order valence-electron chi connectivity index (χ3n) is 9.62. The Morgan fingerprint density at radius 3 is 2.20 bits per heavy atom. The largest absolute Gasteiger partial charge is 0.496 e. The number of halogens is 1. The molecule has 0 aliphatic rings. The van der Waals surface area contributed by atoms with Crippen LogP contribution in [0, 0.1) is 3.57 Å². The van der Waals surface area contributed by atoms with E-state index in [1.165, 1.54) is 5.56 Å². The van der Waals surface area contributed by atoms with Gasteiger partial charge in [-0.2, -0.15) is 0 Å². The van der Waals surface area contributed by atoms with Crippen molar-refractivity contribution in [3.63, 3.8) is 0 Å². The van der Waals surface area contributed by atoms with E-state index in [0.717, 1.165) is 42.7 Å². The third kappa shape index (κ3) is 11.5. The van der Waals surface area contributed by atoms with Crippen LogP contribution >= 0.6 is 22.6 Å². The number of methoxy groups -OCH3 is 1. The molecular formula is C47H50IN3O4. The number of ether oxygens (including phenoxy) is 2. The molecule has 0 saturated heterocycles. The first kappa shape index (κ1) is 37.0.